The molecule has 0 fully saturated rings. The topological polar surface area (TPSA) is 17.1 Å². The number of rotatable bonds is 3. The third-order valence-electron chi connectivity index (χ3n) is 2.27. The fourth-order valence-electron chi connectivity index (χ4n) is 1.06. The van der Waals surface area contributed by atoms with Gasteiger partial charge in [0.2, 0.25) is 0 Å². The van der Waals surface area contributed by atoms with E-state index >= 15 is 0 Å². The molecule has 14 heavy (non-hydrogen) atoms. The van der Waals surface area contributed by atoms with Crippen LogP contribution in [0.4, 0.5) is 0 Å². The van der Waals surface area contributed by atoms with Gasteiger partial charge in [-0.15, -0.1) is 0 Å². The molecule has 2 atom stereocenters. The summed E-state index contributed by atoms with van der Waals surface area (Å²) in [5.41, 5.74) is 2.15. The molecule has 0 amide bonds. The van der Waals surface area contributed by atoms with E-state index in [-0.39, 0.29) is 5.25 Å². The quantitative estimate of drug-likeness (QED) is 0.698. The van der Waals surface area contributed by atoms with Gasteiger partial charge in [-0.3, -0.25) is 4.21 Å². The standard InChI is InChI=1S/C12H16OS/c1-9(2)11(4)14(13)12-7-5-10(3)6-8-12/h5-8,11H,1H2,2-4H3. The Bertz CT molecular complexity index is 351. The zero-order chi connectivity index (χ0) is 10.7. The van der Waals surface area contributed by atoms with Crippen LogP contribution in [0.3, 0.4) is 0 Å². The molecule has 0 aliphatic heterocycles. The monoisotopic (exact) mass is 208 g/mol. The average molecular weight is 208 g/mol. The van der Waals surface area contributed by atoms with Crippen molar-refractivity contribution in [3.8, 4) is 0 Å². The maximum atomic E-state index is 11.9. The number of hydrogen-bond donors (Lipinski definition) is 0. The lowest BCUT2D eigenvalue weighted by atomic mass is 10.2. The van der Waals surface area contributed by atoms with Crippen molar-refractivity contribution in [1.82, 2.24) is 0 Å². The van der Waals surface area contributed by atoms with Crippen LogP contribution < -0.4 is 0 Å². The summed E-state index contributed by atoms with van der Waals surface area (Å²) in [6.07, 6.45) is 0. The first kappa shape index (κ1) is 11.2. The summed E-state index contributed by atoms with van der Waals surface area (Å²) >= 11 is 0. The van der Waals surface area contributed by atoms with Crippen LogP contribution in [0.25, 0.3) is 0 Å². The summed E-state index contributed by atoms with van der Waals surface area (Å²) in [7, 11) is -0.966. The molecular weight excluding hydrogens is 192 g/mol. The van der Waals surface area contributed by atoms with Crippen molar-refractivity contribution >= 4 is 10.8 Å². The SMILES string of the molecule is C=C(C)C(C)S(=O)c1ccc(C)cc1. The third-order valence-corrected chi connectivity index (χ3v) is 4.05. The molecule has 0 radical (unpaired) electrons. The zero-order valence-electron chi connectivity index (χ0n) is 8.91. The molecular formula is C12H16OS. The van der Waals surface area contributed by atoms with Crippen LogP contribution in [-0.4, -0.2) is 9.46 Å². The average Bonchev–Trinajstić information content (AvgIpc) is 2.16. The first-order chi connectivity index (χ1) is 6.52. The summed E-state index contributed by atoms with van der Waals surface area (Å²) in [4.78, 5) is 0.881. The fourth-order valence-corrected chi connectivity index (χ4v) is 2.24. The van der Waals surface area contributed by atoms with E-state index < -0.39 is 10.8 Å². The highest BCUT2D eigenvalue weighted by Crippen LogP contribution is 2.16. The molecule has 0 N–H and O–H groups in total. The van der Waals surface area contributed by atoms with Gasteiger partial charge in [0.15, 0.2) is 0 Å². The Hall–Kier alpha value is -0.890. The molecule has 0 aliphatic carbocycles. The summed E-state index contributed by atoms with van der Waals surface area (Å²) in [6, 6.07) is 7.81. The molecule has 1 aromatic carbocycles. The Morgan fingerprint density at radius 1 is 1.36 bits per heavy atom. The van der Waals surface area contributed by atoms with E-state index in [0.717, 1.165) is 10.5 Å². The van der Waals surface area contributed by atoms with Crippen LogP contribution in [0.15, 0.2) is 41.3 Å². The van der Waals surface area contributed by atoms with Crippen molar-refractivity contribution in [3.63, 3.8) is 0 Å². The molecule has 1 rings (SSSR count). The lowest BCUT2D eigenvalue weighted by molar-refractivity contribution is 0.678. The van der Waals surface area contributed by atoms with Crippen molar-refractivity contribution in [3.05, 3.63) is 42.0 Å². The molecule has 1 aromatic rings. The molecule has 0 aliphatic rings. The van der Waals surface area contributed by atoms with E-state index in [1.54, 1.807) is 0 Å². The van der Waals surface area contributed by atoms with Crippen LogP contribution in [0.1, 0.15) is 19.4 Å². The first-order valence-corrected chi connectivity index (χ1v) is 5.86. The lowest BCUT2D eigenvalue weighted by Crippen LogP contribution is -2.11. The third kappa shape index (κ3) is 2.55. The molecule has 0 bridgehead atoms. The normalized spacial score (nSPS) is 14.8. The lowest BCUT2D eigenvalue weighted by Gasteiger charge is -2.10. The highest BCUT2D eigenvalue weighted by molar-refractivity contribution is 7.85. The fraction of sp³-hybridized carbons (Fsp3) is 0.333. The Labute approximate surface area is 88.3 Å². The van der Waals surface area contributed by atoms with Gasteiger partial charge in [0.05, 0.1) is 16.0 Å². The second kappa shape index (κ2) is 4.56. The molecule has 2 unspecified atom stereocenters. The number of aryl methyl sites for hydroxylation is 1. The second-order valence-electron chi connectivity index (χ2n) is 3.60. The highest BCUT2D eigenvalue weighted by atomic mass is 32.2. The van der Waals surface area contributed by atoms with Crippen LogP contribution in [0.2, 0.25) is 0 Å². The smallest absolute Gasteiger partial charge is 0.0599 e. The Morgan fingerprint density at radius 3 is 2.29 bits per heavy atom. The van der Waals surface area contributed by atoms with Crippen molar-refractivity contribution in [2.45, 2.75) is 30.9 Å². The Balaban J connectivity index is 2.90. The predicted octanol–water partition coefficient (Wildman–Crippen LogP) is 3.07. The van der Waals surface area contributed by atoms with E-state index in [9.17, 15) is 4.21 Å². The van der Waals surface area contributed by atoms with Gasteiger partial charge in [0, 0.05) is 4.90 Å². The van der Waals surface area contributed by atoms with E-state index in [1.807, 2.05) is 45.0 Å². The number of hydrogen-bond acceptors (Lipinski definition) is 1. The van der Waals surface area contributed by atoms with Crippen molar-refractivity contribution in [2.24, 2.45) is 0 Å². The minimum absolute atomic E-state index is 0.0257. The Morgan fingerprint density at radius 2 is 1.86 bits per heavy atom. The van der Waals surface area contributed by atoms with Gasteiger partial charge in [-0.05, 0) is 32.9 Å². The molecule has 0 spiro atoms. The maximum absolute atomic E-state index is 11.9. The minimum Gasteiger partial charge on any atom is -0.254 e. The van der Waals surface area contributed by atoms with Crippen molar-refractivity contribution < 1.29 is 4.21 Å². The van der Waals surface area contributed by atoms with Crippen LogP contribution in [0.5, 0.6) is 0 Å². The van der Waals surface area contributed by atoms with Gasteiger partial charge >= 0.3 is 0 Å². The largest absolute Gasteiger partial charge is 0.254 e. The second-order valence-corrected chi connectivity index (χ2v) is 5.37. The van der Waals surface area contributed by atoms with Crippen LogP contribution in [0, 0.1) is 6.92 Å². The number of benzene rings is 1. The Kier molecular flexibility index (Phi) is 3.64. The van der Waals surface area contributed by atoms with Crippen molar-refractivity contribution in [1.29, 1.82) is 0 Å². The molecule has 0 heterocycles. The van der Waals surface area contributed by atoms with E-state index in [1.165, 1.54) is 5.56 Å². The van der Waals surface area contributed by atoms with E-state index in [2.05, 4.69) is 6.58 Å². The van der Waals surface area contributed by atoms with Crippen LogP contribution in [-0.2, 0) is 10.8 Å². The summed E-state index contributed by atoms with van der Waals surface area (Å²) in [5.74, 6) is 0. The zero-order valence-corrected chi connectivity index (χ0v) is 9.73. The van der Waals surface area contributed by atoms with Crippen LogP contribution >= 0.6 is 0 Å². The highest BCUT2D eigenvalue weighted by Gasteiger charge is 2.13. The molecule has 76 valence electrons. The van der Waals surface area contributed by atoms with Gasteiger partial charge in [-0.1, -0.05) is 29.8 Å². The van der Waals surface area contributed by atoms with Gasteiger partial charge in [0.25, 0.3) is 0 Å². The van der Waals surface area contributed by atoms with Gasteiger partial charge in [-0.2, -0.15) is 0 Å². The summed E-state index contributed by atoms with van der Waals surface area (Å²) in [6.45, 7) is 9.71. The van der Waals surface area contributed by atoms with Gasteiger partial charge in [-0.25, -0.2) is 0 Å². The van der Waals surface area contributed by atoms with E-state index in [4.69, 9.17) is 0 Å². The predicted molar refractivity (Wildman–Crippen MR) is 61.9 cm³/mol. The molecule has 2 heteroatoms. The molecule has 1 nitrogen and oxygen atoms in total. The maximum Gasteiger partial charge on any atom is 0.0599 e. The van der Waals surface area contributed by atoms with E-state index in [0.29, 0.717) is 0 Å². The molecule has 0 aromatic heterocycles. The molecule has 0 saturated heterocycles. The molecule has 0 saturated carbocycles. The minimum atomic E-state index is -0.966. The van der Waals surface area contributed by atoms with Crippen molar-refractivity contribution in [2.75, 3.05) is 0 Å². The summed E-state index contributed by atoms with van der Waals surface area (Å²) in [5, 5.41) is 0.0257. The van der Waals surface area contributed by atoms with Gasteiger partial charge < -0.3 is 0 Å². The summed E-state index contributed by atoms with van der Waals surface area (Å²) < 4.78 is 11.9. The van der Waals surface area contributed by atoms with Gasteiger partial charge in [0.1, 0.15) is 0 Å². The first-order valence-electron chi connectivity index (χ1n) is 4.65.